The molecule has 0 saturated heterocycles. The summed E-state index contributed by atoms with van der Waals surface area (Å²) in [4.78, 5) is 0. The average molecular weight is 183 g/mol. The maximum Gasteiger partial charge on any atom is 0.0944 e. The van der Waals surface area contributed by atoms with Gasteiger partial charge >= 0.3 is 0 Å². The molecule has 0 aromatic carbocycles. The highest BCUT2D eigenvalue weighted by molar-refractivity contribution is 7.98. The summed E-state index contributed by atoms with van der Waals surface area (Å²) in [5.74, 6) is 0.700. The number of hydrogen-bond acceptors (Lipinski definition) is 3. The third-order valence-electron chi connectivity index (χ3n) is 2.02. The predicted molar refractivity (Wildman–Crippen MR) is 50.8 cm³/mol. The fraction of sp³-hybridized carbons (Fsp3) is 0.667. The van der Waals surface area contributed by atoms with Gasteiger partial charge in [0.1, 0.15) is 0 Å². The molecule has 0 amide bonds. The second kappa shape index (κ2) is 3.97. The smallest absolute Gasteiger partial charge is 0.0944 e. The van der Waals surface area contributed by atoms with Crippen LogP contribution >= 0.6 is 11.8 Å². The Labute approximate surface area is 77.6 Å². The summed E-state index contributed by atoms with van der Waals surface area (Å²) in [5, 5.41) is 8.64. The van der Waals surface area contributed by atoms with E-state index in [1.807, 2.05) is 19.3 Å². The minimum atomic E-state index is -0.186. The highest BCUT2D eigenvalue weighted by Gasteiger charge is 2.28. The standard InChI is InChI=1S/C9H13NOS/c1-9(11-7-12-2)4-3-8(5-9)6-10/h5H,3-4,7H2,1-2H3. The van der Waals surface area contributed by atoms with Crippen LogP contribution in [0.1, 0.15) is 19.8 Å². The molecule has 0 radical (unpaired) electrons. The Morgan fingerprint density at radius 3 is 3.08 bits per heavy atom. The number of allylic oxidation sites excluding steroid dienone is 1. The molecule has 3 heteroatoms. The Balaban J connectivity index is 2.52. The summed E-state index contributed by atoms with van der Waals surface area (Å²) >= 11 is 1.66. The van der Waals surface area contributed by atoms with Gasteiger partial charge < -0.3 is 4.74 Å². The van der Waals surface area contributed by atoms with E-state index in [9.17, 15) is 0 Å². The Kier molecular flexibility index (Phi) is 3.19. The summed E-state index contributed by atoms with van der Waals surface area (Å²) in [7, 11) is 0. The third kappa shape index (κ3) is 2.26. The van der Waals surface area contributed by atoms with Crippen LogP contribution in [0.4, 0.5) is 0 Å². The van der Waals surface area contributed by atoms with E-state index in [1.54, 1.807) is 11.8 Å². The van der Waals surface area contributed by atoms with Gasteiger partial charge in [0, 0.05) is 5.57 Å². The minimum absolute atomic E-state index is 0.186. The predicted octanol–water partition coefficient (Wildman–Crippen LogP) is 2.33. The van der Waals surface area contributed by atoms with Crippen LogP contribution in [0.25, 0.3) is 0 Å². The molecule has 0 aromatic heterocycles. The molecule has 0 spiro atoms. The van der Waals surface area contributed by atoms with Crippen molar-refractivity contribution >= 4 is 11.8 Å². The minimum Gasteiger partial charge on any atom is -0.361 e. The quantitative estimate of drug-likeness (QED) is 0.629. The molecule has 1 atom stereocenters. The SMILES string of the molecule is CSCOC1(C)C=C(C#N)CC1. The van der Waals surface area contributed by atoms with Crippen molar-refractivity contribution in [3.63, 3.8) is 0 Å². The summed E-state index contributed by atoms with van der Waals surface area (Å²) in [5.41, 5.74) is 0.673. The number of nitrogens with zero attached hydrogens (tertiary/aromatic N) is 1. The lowest BCUT2D eigenvalue weighted by Crippen LogP contribution is -2.22. The number of ether oxygens (including phenoxy) is 1. The molecule has 1 rings (SSSR count). The van der Waals surface area contributed by atoms with E-state index in [4.69, 9.17) is 10.00 Å². The van der Waals surface area contributed by atoms with Gasteiger partial charge in [0.15, 0.2) is 0 Å². The van der Waals surface area contributed by atoms with E-state index in [2.05, 4.69) is 6.07 Å². The van der Waals surface area contributed by atoms with E-state index in [0.29, 0.717) is 5.94 Å². The van der Waals surface area contributed by atoms with Crippen LogP contribution in [0.15, 0.2) is 11.6 Å². The van der Waals surface area contributed by atoms with E-state index in [1.165, 1.54) is 0 Å². The van der Waals surface area contributed by atoms with Crippen LogP contribution in [-0.2, 0) is 4.74 Å². The van der Waals surface area contributed by atoms with E-state index < -0.39 is 0 Å². The summed E-state index contributed by atoms with van der Waals surface area (Å²) in [6.07, 6.45) is 5.76. The van der Waals surface area contributed by atoms with Crippen LogP contribution in [0.2, 0.25) is 0 Å². The lowest BCUT2D eigenvalue weighted by molar-refractivity contribution is 0.0380. The number of thioether (sulfide) groups is 1. The zero-order valence-electron chi connectivity index (χ0n) is 7.46. The lowest BCUT2D eigenvalue weighted by atomic mass is 10.1. The molecule has 12 heavy (non-hydrogen) atoms. The van der Waals surface area contributed by atoms with Gasteiger partial charge in [-0.15, -0.1) is 11.8 Å². The topological polar surface area (TPSA) is 33.0 Å². The fourth-order valence-corrected chi connectivity index (χ4v) is 1.68. The third-order valence-corrected chi connectivity index (χ3v) is 2.37. The van der Waals surface area contributed by atoms with Gasteiger partial charge in [-0.05, 0) is 32.1 Å². The molecule has 0 fully saturated rings. The molecule has 0 aromatic rings. The van der Waals surface area contributed by atoms with Crippen LogP contribution in [0.5, 0.6) is 0 Å². The second-order valence-electron chi connectivity index (χ2n) is 3.14. The monoisotopic (exact) mass is 183 g/mol. The van der Waals surface area contributed by atoms with Crippen molar-refractivity contribution in [1.82, 2.24) is 0 Å². The first-order valence-electron chi connectivity index (χ1n) is 3.95. The maximum absolute atomic E-state index is 8.64. The zero-order valence-corrected chi connectivity index (χ0v) is 8.28. The molecular formula is C9H13NOS. The van der Waals surface area contributed by atoms with Crippen molar-refractivity contribution in [2.24, 2.45) is 0 Å². The van der Waals surface area contributed by atoms with E-state index in [0.717, 1.165) is 18.4 Å². The highest BCUT2D eigenvalue weighted by atomic mass is 32.2. The average Bonchev–Trinajstić information content (AvgIpc) is 2.45. The molecule has 1 aliphatic rings. The van der Waals surface area contributed by atoms with E-state index in [-0.39, 0.29) is 5.60 Å². The summed E-state index contributed by atoms with van der Waals surface area (Å²) in [6, 6.07) is 2.17. The van der Waals surface area contributed by atoms with Gasteiger partial charge in [0.05, 0.1) is 17.6 Å². The van der Waals surface area contributed by atoms with Gasteiger partial charge in [0.2, 0.25) is 0 Å². The van der Waals surface area contributed by atoms with Crippen molar-refractivity contribution < 1.29 is 4.74 Å². The van der Waals surface area contributed by atoms with Gasteiger partial charge in [-0.1, -0.05) is 0 Å². The van der Waals surface area contributed by atoms with E-state index >= 15 is 0 Å². The fourth-order valence-electron chi connectivity index (χ4n) is 1.29. The molecule has 0 heterocycles. The van der Waals surface area contributed by atoms with Crippen molar-refractivity contribution in [2.45, 2.75) is 25.4 Å². The molecule has 0 N–H and O–H groups in total. The Bertz CT molecular complexity index is 231. The first-order chi connectivity index (χ1) is 5.70. The second-order valence-corrected chi connectivity index (χ2v) is 3.96. The first kappa shape index (κ1) is 9.63. The van der Waals surface area contributed by atoms with Crippen LogP contribution in [-0.4, -0.2) is 17.8 Å². The molecule has 66 valence electrons. The Morgan fingerprint density at radius 1 is 1.83 bits per heavy atom. The summed E-state index contributed by atoms with van der Waals surface area (Å²) < 4.78 is 5.61. The van der Waals surface area contributed by atoms with Crippen LogP contribution in [0, 0.1) is 11.3 Å². The van der Waals surface area contributed by atoms with Crippen LogP contribution < -0.4 is 0 Å². The zero-order chi connectivity index (χ0) is 9.03. The van der Waals surface area contributed by atoms with Gasteiger partial charge in [-0.3, -0.25) is 0 Å². The molecule has 1 aliphatic carbocycles. The van der Waals surface area contributed by atoms with Crippen molar-refractivity contribution in [2.75, 3.05) is 12.2 Å². The molecule has 0 saturated carbocycles. The molecular weight excluding hydrogens is 170 g/mol. The highest BCUT2D eigenvalue weighted by Crippen LogP contribution is 2.31. The molecule has 0 bridgehead atoms. The molecule has 1 unspecified atom stereocenters. The maximum atomic E-state index is 8.64. The molecule has 0 aliphatic heterocycles. The first-order valence-corrected chi connectivity index (χ1v) is 5.34. The van der Waals surface area contributed by atoms with Crippen molar-refractivity contribution in [3.8, 4) is 6.07 Å². The largest absolute Gasteiger partial charge is 0.361 e. The number of hydrogen-bond donors (Lipinski definition) is 0. The number of nitriles is 1. The Hall–Kier alpha value is -0.460. The Morgan fingerprint density at radius 2 is 2.58 bits per heavy atom. The lowest BCUT2D eigenvalue weighted by Gasteiger charge is -2.21. The van der Waals surface area contributed by atoms with Gasteiger partial charge in [-0.25, -0.2) is 0 Å². The number of rotatable bonds is 3. The normalized spacial score (nSPS) is 28.2. The summed E-state index contributed by atoms with van der Waals surface area (Å²) in [6.45, 7) is 2.04. The molecule has 2 nitrogen and oxygen atoms in total. The van der Waals surface area contributed by atoms with Crippen molar-refractivity contribution in [1.29, 1.82) is 5.26 Å². The van der Waals surface area contributed by atoms with Gasteiger partial charge in [0.25, 0.3) is 0 Å². The van der Waals surface area contributed by atoms with Gasteiger partial charge in [-0.2, -0.15) is 5.26 Å². The van der Waals surface area contributed by atoms with Crippen molar-refractivity contribution in [3.05, 3.63) is 11.6 Å². The van der Waals surface area contributed by atoms with Crippen LogP contribution in [0.3, 0.4) is 0 Å².